The summed E-state index contributed by atoms with van der Waals surface area (Å²) in [6, 6.07) is 20.5. The fourth-order valence-electron chi connectivity index (χ4n) is 3.19. The Hall–Kier alpha value is -3.81. The standard InChI is InChI=1S/C27H23ClN2O4S/c1-32-22-11-7-20(8-12-22)23-17-35-27(29-23)30-26(31)14-6-18-5-13-24(25(15-18)33-2)34-16-19-3-9-21(28)10-4-19/h3-15,17H,16H2,1-2H3,(H,29,30,31)/b14-6+. The molecule has 4 aromatic rings. The second kappa shape index (κ2) is 11.6. The number of carbonyl (C=O) groups is 1. The number of amides is 1. The summed E-state index contributed by atoms with van der Waals surface area (Å²) < 4.78 is 16.5. The summed E-state index contributed by atoms with van der Waals surface area (Å²) in [5, 5.41) is 5.90. The van der Waals surface area contributed by atoms with Crippen LogP contribution in [0.1, 0.15) is 11.1 Å². The second-order valence-electron chi connectivity index (χ2n) is 7.41. The van der Waals surface area contributed by atoms with E-state index in [9.17, 15) is 4.79 Å². The van der Waals surface area contributed by atoms with Crippen molar-refractivity contribution in [1.82, 2.24) is 4.98 Å². The Morgan fingerprint density at radius 2 is 1.77 bits per heavy atom. The fraction of sp³-hybridized carbons (Fsp3) is 0.111. The quantitative estimate of drug-likeness (QED) is 0.255. The molecule has 0 bridgehead atoms. The maximum absolute atomic E-state index is 12.4. The topological polar surface area (TPSA) is 69.7 Å². The third kappa shape index (κ3) is 6.62. The SMILES string of the molecule is COc1ccc(-c2csc(NC(=O)/C=C/c3ccc(OCc4ccc(Cl)cc4)c(OC)c3)n2)cc1. The molecule has 35 heavy (non-hydrogen) atoms. The molecule has 0 unspecified atom stereocenters. The van der Waals surface area contributed by atoms with Gasteiger partial charge in [-0.1, -0.05) is 29.8 Å². The van der Waals surface area contributed by atoms with Gasteiger partial charge in [-0.25, -0.2) is 4.98 Å². The molecule has 6 nitrogen and oxygen atoms in total. The molecule has 0 saturated carbocycles. The Bertz CT molecular complexity index is 1320. The number of nitrogens with one attached hydrogen (secondary N) is 1. The molecule has 0 saturated heterocycles. The third-order valence-corrected chi connectivity index (χ3v) is 6.05. The highest BCUT2D eigenvalue weighted by atomic mass is 35.5. The predicted octanol–water partition coefficient (Wildman–Crippen LogP) is 6.71. The molecule has 1 N–H and O–H groups in total. The Labute approximate surface area is 212 Å². The molecule has 3 aromatic carbocycles. The maximum atomic E-state index is 12.4. The van der Waals surface area contributed by atoms with E-state index in [1.807, 2.05) is 72.1 Å². The summed E-state index contributed by atoms with van der Waals surface area (Å²) in [5.74, 6) is 1.69. The van der Waals surface area contributed by atoms with Crippen LogP contribution in [-0.4, -0.2) is 25.1 Å². The molecule has 8 heteroatoms. The molecular formula is C27H23ClN2O4S. The van der Waals surface area contributed by atoms with Crippen molar-refractivity contribution in [3.63, 3.8) is 0 Å². The Morgan fingerprint density at radius 3 is 2.49 bits per heavy atom. The van der Waals surface area contributed by atoms with Crippen LogP contribution in [0.25, 0.3) is 17.3 Å². The lowest BCUT2D eigenvalue weighted by Gasteiger charge is -2.11. The Morgan fingerprint density at radius 1 is 1.00 bits per heavy atom. The number of carbonyl (C=O) groups excluding carboxylic acids is 1. The van der Waals surface area contributed by atoms with E-state index in [1.165, 1.54) is 17.4 Å². The summed E-state index contributed by atoms with van der Waals surface area (Å²) in [4.78, 5) is 16.9. The lowest BCUT2D eigenvalue weighted by Crippen LogP contribution is -2.07. The van der Waals surface area contributed by atoms with Crippen LogP contribution in [0.2, 0.25) is 5.02 Å². The zero-order valence-electron chi connectivity index (χ0n) is 19.2. The number of halogens is 1. The summed E-state index contributed by atoms with van der Waals surface area (Å²) in [5.41, 5.74) is 3.53. The number of nitrogens with zero attached hydrogens (tertiary/aromatic N) is 1. The molecule has 0 spiro atoms. The summed E-state index contributed by atoms with van der Waals surface area (Å²) >= 11 is 7.29. The van der Waals surface area contributed by atoms with Crippen molar-refractivity contribution in [3.8, 4) is 28.5 Å². The number of aromatic nitrogens is 1. The first-order valence-corrected chi connectivity index (χ1v) is 11.9. The maximum Gasteiger partial charge on any atom is 0.250 e. The van der Waals surface area contributed by atoms with E-state index in [0.29, 0.717) is 28.3 Å². The average Bonchev–Trinajstić information content (AvgIpc) is 3.35. The van der Waals surface area contributed by atoms with Crippen LogP contribution in [0.15, 0.2) is 78.2 Å². The number of methoxy groups -OCH3 is 2. The second-order valence-corrected chi connectivity index (χ2v) is 8.71. The van der Waals surface area contributed by atoms with Crippen LogP contribution in [-0.2, 0) is 11.4 Å². The Kier molecular flexibility index (Phi) is 8.03. The van der Waals surface area contributed by atoms with Crippen molar-refractivity contribution in [3.05, 3.63) is 94.3 Å². The van der Waals surface area contributed by atoms with Crippen molar-refractivity contribution >= 4 is 40.1 Å². The van der Waals surface area contributed by atoms with Crippen LogP contribution >= 0.6 is 22.9 Å². The van der Waals surface area contributed by atoms with Gasteiger partial charge < -0.3 is 14.2 Å². The fourth-order valence-corrected chi connectivity index (χ4v) is 4.04. The van der Waals surface area contributed by atoms with Crippen LogP contribution < -0.4 is 19.5 Å². The highest BCUT2D eigenvalue weighted by Crippen LogP contribution is 2.30. The van der Waals surface area contributed by atoms with Gasteiger partial charge >= 0.3 is 0 Å². The minimum Gasteiger partial charge on any atom is -0.497 e. The van der Waals surface area contributed by atoms with Crippen LogP contribution in [0, 0.1) is 0 Å². The van der Waals surface area contributed by atoms with Crippen LogP contribution in [0.4, 0.5) is 5.13 Å². The zero-order chi connectivity index (χ0) is 24.6. The molecule has 1 amide bonds. The number of rotatable bonds is 9. The van der Waals surface area contributed by atoms with Gasteiger partial charge in [0.1, 0.15) is 12.4 Å². The van der Waals surface area contributed by atoms with E-state index in [-0.39, 0.29) is 5.91 Å². The molecule has 4 rings (SSSR count). The summed E-state index contributed by atoms with van der Waals surface area (Å²) in [6.07, 6.45) is 3.16. The van der Waals surface area contributed by atoms with Gasteiger partial charge in [0, 0.05) is 22.0 Å². The van der Waals surface area contributed by atoms with Gasteiger partial charge in [0.25, 0.3) is 0 Å². The van der Waals surface area contributed by atoms with E-state index in [0.717, 1.165) is 28.1 Å². The van der Waals surface area contributed by atoms with Gasteiger partial charge in [-0.05, 0) is 65.7 Å². The van der Waals surface area contributed by atoms with E-state index in [1.54, 1.807) is 20.3 Å². The number of hydrogen-bond donors (Lipinski definition) is 1. The molecule has 0 aliphatic rings. The number of thiazole rings is 1. The minimum absolute atomic E-state index is 0.275. The Balaban J connectivity index is 1.36. The molecule has 0 fully saturated rings. The highest BCUT2D eigenvalue weighted by molar-refractivity contribution is 7.14. The highest BCUT2D eigenvalue weighted by Gasteiger charge is 2.08. The molecule has 1 heterocycles. The van der Waals surface area contributed by atoms with Gasteiger partial charge in [-0.2, -0.15) is 0 Å². The van der Waals surface area contributed by atoms with Crippen molar-refractivity contribution < 1.29 is 19.0 Å². The largest absolute Gasteiger partial charge is 0.497 e. The molecular weight excluding hydrogens is 484 g/mol. The van der Waals surface area contributed by atoms with E-state index >= 15 is 0 Å². The third-order valence-electron chi connectivity index (χ3n) is 5.04. The normalized spacial score (nSPS) is 10.8. The monoisotopic (exact) mass is 506 g/mol. The van der Waals surface area contributed by atoms with Gasteiger partial charge in [-0.15, -0.1) is 11.3 Å². The van der Waals surface area contributed by atoms with Crippen molar-refractivity contribution in [2.45, 2.75) is 6.61 Å². The average molecular weight is 507 g/mol. The summed E-state index contributed by atoms with van der Waals surface area (Å²) in [7, 11) is 3.20. The number of anilines is 1. The first-order valence-electron chi connectivity index (χ1n) is 10.7. The van der Waals surface area contributed by atoms with Crippen LogP contribution in [0.5, 0.6) is 17.2 Å². The van der Waals surface area contributed by atoms with Crippen molar-refractivity contribution in [2.75, 3.05) is 19.5 Å². The number of ether oxygens (including phenoxy) is 3. The molecule has 0 atom stereocenters. The van der Waals surface area contributed by atoms with Gasteiger partial charge in [0.15, 0.2) is 16.6 Å². The molecule has 1 aromatic heterocycles. The first kappa shape index (κ1) is 24.3. The summed E-state index contributed by atoms with van der Waals surface area (Å²) in [6.45, 7) is 0.386. The van der Waals surface area contributed by atoms with Crippen LogP contribution in [0.3, 0.4) is 0 Å². The zero-order valence-corrected chi connectivity index (χ0v) is 20.7. The smallest absolute Gasteiger partial charge is 0.250 e. The lowest BCUT2D eigenvalue weighted by atomic mass is 10.2. The molecule has 178 valence electrons. The van der Waals surface area contributed by atoms with Crippen molar-refractivity contribution in [1.29, 1.82) is 0 Å². The first-order chi connectivity index (χ1) is 17.0. The number of hydrogen-bond acceptors (Lipinski definition) is 6. The lowest BCUT2D eigenvalue weighted by molar-refractivity contribution is -0.111. The van der Waals surface area contributed by atoms with Gasteiger partial charge in [-0.3, -0.25) is 10.1 Å². The minimum atomic E-state index is -0.275. The molecule has 0 aliphatic carbocycles. The molecule has 0 radical (unpaired) electrons. The van der Waals surface area contributed by atoms with Crippen molar-refractivity contribution in [2.24, 2.45) is 0 Å². The van der Waals surface area contributed by atoms with E-state index in [2.05, 4.69) is 10.3 Å². The van der Waals surface area contributed by atoms with Gasteiger partial charge in [0.2, 0.25) is 5.91 Å². The molecule has 0 aliphatic heterocycles. The number of benzene rings is 3. The van der Waals surface area contributed by atoms with Gasteiger partial charge in [0.05, 0.1) is 19.9 Å². The van der Waals surface area contributed by atoms with E-state index < -0.39 is 0 Å². The predicted molar refractivity (Wildman–Crippen MR) is 141 cm³/mol. The van der Waals surface area contributed by atoms with E-state index in [4.69, 9.17) is 25.8 Å².